The van der Waals surface area contributed by atoms with Gasteiger partial charge in [-0.05, 0) is 31.5 Å². The van der Waals surface area contributed by atoms with Crippen LogP contribution in [0.15, 0.2) is 24.3 Å². The van der Waals surface area contributed by atoms with Crippen LogP contribution in [0.1, 0.15) is 17.0 Å². The highest BCUT2D eigenvalue weighted by atomic mass is 35.5. The van der Waals surface area contributed by atoms with Gasteiger partial charge in [-0.15, -0.1) is 0 Å². The van der Waals surface area contributed by atoms with Crippen molar-refractivity contribution in [3.8, 4) is 0 Å². The molecule has 0 fully saturated rings. The van der Waals surface area contributed by atoms with E-state index in [2.05, 4.69) is 14.9 Å². The van der Waals surface area contributed by atoms with E-state index < -0.39 is 0 Å². The minimum Gasteiger partial charge on any atom is -0.383 e. The first-order valence-corrected chi connectivity index (χ1v) is 6.41. The summed E-state index contributed by atoms with van der Waals surface area (Å²) in [5, 5.41) is 0.740. The van der Waals surface area contributed by atoms with Gasteiger partial charge in [-0.3, -0.25) is 0 Å². The molecule has 0 atom stereocenters. The average molecular weight is 277 g/mol. The third-order valence-corrected chi connectivity index (χ3v) is 3.22. The molecule has 19 heavy (non-hydrogen) atoms. The van der Waals surface area contributed by atoms with Crippen LogP contribution in [-0.2, 0) is 6.54 Å². The summed E-state index contributed by atoms with van der Waals surface area (Å²) in [4.78, 5) is 10.7. The zero-order valence-corrected chi connectivity index (χ0v) is 12.1. The summed E-state index contributed by atoms with van der Waals surface area (Å²) in [5.74, 6) is 2.08. The molecule has 0 amide bonds. The molecule has 0 saturated heterocycles. The predicted octanol–water partition coefficient (Wildman–Crippen LogP) is 2.97. The lowest BCUT2D eigenvalue weighted by molar-refractivity contribution is 0.872. The molecule has 0 bridgehead atoms. The molecule has 4 nitrogen and oxygen atoms in total. The number of hydrogen-bond acceptors (Lipinski definition) is 4. The van der Waals surface area contributed by atoms with Crippen LogP contribution in [0.4, 0.5) is 11.6 Å². The normalized spacial score (nSPS) is 10.5. The first-order valence-electron chi connectivity index (χ1n) is 6.03. The average Bonchev–Trinajstić information content (AvgIpc) is 2.36. The maximum atomic E-state index is 5.88. The number of halogens is 1. The third kappa shape index (κ3) is 3.15. The van der Waals surface area contributed by atoms with E-state index in [4.69, 9.17) is 17.3 Å². The molecule has 0 radical (unpaired) electrons. The van der Waals surface area contributed by atoms with E-state index in [0.717, 1.165) is 22.9 Å². The Morgan fingerprint density at radius 3 is 2.42 bits per heavy atom. The van der Waals surface area contributed by atoms with Crippen molar-refractivity contribution in [1.82, 2.24) is 9.97 Å². The van der Waals surface area contributed by atoms with Crippen molar-refractivity contribution < 1.29 is 0 Å². The number of nitrogens with two attached hydrogens (primary N) is 1. The fourth-order valence-corrected chi connectivity index (χ4v) is 2.07. The molecule has 0 saturated carbocycles. The van der Waals surface area contributed by atoms with Gasteiger partial charge in [0.05, 0.1) is 0 Å². The number of nitrogens with zero attached hydrogens (tertiary/aromatic N) is 3. The summed E-state index contributed by atoms with van der Waals surface area (Å²) in [6, 6.07) is 7.78. The Morgan fingerprint density at radius 1 is 1.16 bits per heavy atom. The number of hydrogen-bond donors (Lipinski definition) is 1. The topological polar surface area (TPSA) is 55.0 Å². The SMILES string of the molecule is Cc1nc(N)c(C)c(N(C)Cc2ccc(Cl)cc2)n1. The molecule has 1 heterocycles. The number of aryl methyl sites for hydroxylation is 1. The van der Waals surface area contributed by atoms with Gasteiger partial charge in [-0.25, -0.2) is 9.97 Å². The van der Waals surface area contributed by atoms with Gasteiger partial charge in [0, 0.05) is 24.2 Å². The molecule has 0 aliphatic heterocycles. The molecule has 0 unspecified atom stereocenters. The van der Waals surface area contributed by atoms with Gasteiger partial charge in [-0.2, -0.15) is 0 Å². The van der Waals surface area contributed by atoms with Crippen molar-refractivity contribution >= 4 is 23.2 Å². The maximum absolute atomic E-state index is 5.88. The second kappa shape index (κ2) is 5.45. The quantitative estimate of drug-likeness (QED) is 0.936. The van der Waals surface area contributed by atoms with E-state index in [1.807, 2.05) is 45.2 Å². The van der Waals surface area contributed by atoms with Crippen molar-refractivity contribution in [2.75, 3.05) is 17.7 Å². The van der Waals surface area contributed by atoms with Crippen LogP contribution in [0.25, 0.3) is 0 Å². The lowest BCUT2D eigenvalue weighted by Gasteiger charge is -2.21. The van der Waals surface area contributed by atoms with Gasteiger partial charge in [-0.1, -0.05) is 23.7 Å². The van der Waals surface area contributed by atoms with Gasteiger partial charge in [0.2, 0.25) is 0 Å². The highest BCUT2D eigenvalue weighted by Gasteiger charge is 2.11. The lowest BCUT2D eigenvalue weighted by atomic mass is 10.2. The molecule has 100 valence electrons. The molecular weight excluding hydrogens is 260 g/mol. The van der Waals surface area contributed by atoms with Crippen LogP contribution < -0.4 is 10.6 Å². The highest BCUT2D eigenvalue weighted by Crippen LogP contribution is 2.22. The van der Waals surface area contributed by atoms with E-state index in [1.54, 1.807) is 0 Å². The van der Waals surface area contributed by atoms with Crippen molar-refractivity contribution in [3.63, 3.8) is 0 Å². The van der Waals surface area contributed by atoms with Crippen LogP contribution in [0.5, 0.6) is 0 Å². The van der Waals surface area contributed by atoms with E-state index in [9.17, 15) is 0 Å². The Morgan fingerprint density at radius 2 is 1.79 bits per heavy atom. The minimum absolute atomic E-state index is 0.533. The van der Waals surface area contributed by atoms with Crippen molar-refractivity contribution in [3.05, 3.63) is 46.2 Å². The van der Waals surface area contributed by atoms with Gasteiger partial charge >= 0.3 is 0 Å². The van der Waals surface area contributed by atoms with E-state index in [0.29, 0.717) is 11.6 Å². The van der Waals surface area contributed by atoms with Crippen LogP contribution in [0, 0.1) is 13.8 Å². The summed E-state index contributed by atoms with van der Waals surface area (Å²) in [5.41, 5.74) is 7.95. The molecule has 2 aromatic rings. The molecule has 0 aliphatic carbocycles. The summed E-state index contributed by atoms with van der Waals surface area (Å²) in [7, 11) is 1.99. The number of anilines is 2. The van der Waals surface area contributed by atoms with Crippen molar-refractivity contribution in [2.45, 2.75) is 20.4 Å². The van der Waals surface area contributed by atoms with Crippen molar-refractivity contribution in [1.29, 1.82) is 0 Å². The van der Waals surface area contributed by atoms with Gasteiger partial charge in [0.15, 0.2) is 0 Å². The largest absolute Gasteiger partial charge is 0.383 e. The van der Waals surface area contributed by atoms with E-state index in [-0.39, 0.29) is 0 Å². The van der Waals surface area contributed by atoms with Crippen LogP contribution in [0.2, 0.25) is 5.02 Å². The van der Waals surface area contributed by atoms with Gasteiger partial charge < -0.3 is 10.6 Å². The van der Waals surface area contributed by atoms with Crippen LogP contribution >= 0.6 is 11.6 Å². The molecule has 1 aromatic heterocycles. The number of aromatic nitrogens is 2. The Kier molecular flexibility index (Phi) is 3.90. The zero-order chi connectivity index (χ0) is 14.0. The molecule has 2 rings (SSSR count). The number of rotatable bonds is 3. The number of nitrogen functional groups attached to an aromatic ring is 1. The smallest absolute Gasteiger partial charge is 0.137 e. The zero-order valence-electron chi connectivity index (χ0n) is 11.3. The van der Waals surface area contributed by atoms with Gasteiger partial charge in [0.1, 0.15) is 17.5 Å². The third-order valence-electron chi connectivity index (χ3n) is 2.96. The summed E-state index contributed by atoms with van der Waals surface area (Å²) < 4.78 is 0. The second-order valence-corrected chi connectivity index (χ2v) is 5.02. The fourth-order valence-electron chi connectivity index (χ4n) is 1.95. The standard InChI is InChI=1S/C14H17ClN4/c1-9-13(16)17-10(2)18-14(9)19(3)8-11-4-6-12(15)7-5-11/h4-7H,8H2,1-3H3,(H2,16,17,18). The highest BCUT2D eigenvalue weighted by molar-refractivity contribution is 6.30. The Labute approximate surface area is 118 Å². The molecular formula is C14H17ClN4. The first-order chi connectivity index (χ1) is 8.97. The first kappa shape index (κ1) is 13.6. The molecule has 0 aliphatic rings. The summed E-state index contributed by atoms with van der Waals surface area (Å²) >= 11 is 5.88. The van der Waals surface area contributed by atoms with E-state index in [1.165, 1.54) is 5.56 Å². The van der Waals surface area contributed by atoms with Crippen LogP contribution in [-0.4, -0.2) is 17.0 Å². The molecule has 0 spiro atoms. The summed E-state index contributed by atoms with van der Waals surface area (Å²) in [6.45, 7) is 4.52. The van der Waals surface area contributed by atoms with E-state index >= 15 is 0 Å². The molecule has 5 heteroatoms. The second-order valence-electron chi connectivity index (χ2n) is 4.59. The van der Waals surface area contributed by atoms with Gasteiger partial charge in [0.25, 0.3) is 0 Å². The molecule has 1 aromatic carbocycles. The fraction of sp³-hybridized carbons (Fsp3) is 0.286. The Hall–Kier alpha value is -1.81. The Bertz CT molecular complexity index is 581. The monoisotopic (exact) mass is 276 g/mol. The predicted molar refractivity (Wildman–Crippen MR) is 79.5 cm³/mol. The molecule has 2 N–H and O–H groups in total. The minimum atomic E-state index is 0.533. The summed E-state index contributed by atoms with van der Waals surface area (Å²) in [6.07, 6.45) is 0. The van der Waals surface area contributed by atoms with Crippen molar-refractivity contribution in [2.24, 2.45) is 0 Å². The number of benzene rings is 1. The lowest BCUT2D eigenvalue weighted by Crippen LogP contribution is -2.20. The maximum Gasteiger partial charge on any atom is 0.137 e. The van der Waals surface area contributed by atoms with Crippen LogP contribution in [0.3, 0.4) is 0 Å². The Balaban J connectivity index is 2.24.